The zero-order valence-electron chi connectivity index (χ0n) is 12.2. The molecule has 3 nitrogen and oxygen atoms in total. The first kappa shape index (κ1) is 16.5. The fourth-order valence-electron chi connectivity index (χ4n) is 2.01. The first-order valence-corrected chi connectivity index (χ1v) is 7.71. The first-order valence-electron chi connectivity index (χ1n) is 6.92. The predicted molar refractivity (Wildman–Crippen MR) is 87.3 cm³/mol. The molecule has 0 aliphatic heterocycles. The molecule has 1 N–H and O–H groups in total. The molecule has 1 amide bonds. The van der Waals surface area contributed by atoms with Gasteiger partial charge in [0.15, 0.2) is 0 Å². The van der Waals surface area contributed by atoms with Gasteiger partial charge < -0.3 is 10.1 Å². The summed E-state index contributed by atoms with van der Waals surface area (Å²) in [4.78, 5) is 11.8. The van der Waals surface area contributed by atoms with Gasteiger partial charge in [-0.25, -0.2) is 4.39 Å². The number of hydrogen-bond donors (Lipinski definition) is 1. The Morgan fingerprint density at radius 2 is 1.95 bits per heavy atom. The van der Waals surface area contributed by atoms with Gasteiger partial charge in [-0.3, -0.25) is 4.79 Å². The summed E-state index contributed by atoms with van der Waals surface area (Å²) in [7, 11) is 1.61. The second-order valence-electron chi connectivity index (χ2n) is 4.86. The molecular weight excluding hydrogens is 349 g/mol. The maximum atomic E-state index is 13.6. The molecule has 2 rings (SSSR count). The van der Waals surface area contributed by atoms with Crippen LogP contribution >= 0.6 is 15.9 Å². The fourth-order valence-corrected chi connectivity index (χ4v) is 2.34. The van der Waals surface area contributed by atoms with E-state index in [1.165, 1.54) is 6.07 Å². The van der Waals surface area contributed by atoms with Crippen LogP contribution < -0.4 is 10.1 Å². The predicted octanol–water partition coefficient (Wildman–Crippen LogP) is 3.85. The summed E-state index contributed by atoms with van der Waals surface area (Å²) in [5.74, 6) is 0.385. The third kappa shape index (κ3) is 4.84. The van der Waals surface area contributed by atoms with Gasteiger partial charge in [-0.2, -0.15) is 0 Å². The number of rotatable bonds is 6. The molecule has 0 spiro atoms. The summed E-state index contributed by atoms with van der Waals surface area (Å²) < 4.78 is 19.4. The van der Waals surface area contributed by atoms with Crippen molar-refractivity contribution in [3.63, 3.8) is 0 Å². The zero-order valence-corrected chi connectivity index (χ0v) is 13.8. The summed E-state index contributed by atoms with van der Waals surface area (Å²) in [5.41, 5.74) is 1.53. The van der Waals surface area contributed by atoms with E-state index in [1.807, 2.05) is 24.3 Å². The molecule has 2 aromatic rings. The molecule has 0 aromatic heterocycles. The van der Waals surface area contributed by atoms with Gasteiger partial charge in [0, 0.05) is 17.4 Å². The molecule has 0 fully saturated rings. The lowest BCUT2D eigenvalue weighted by molar-refractivity contribution is -0.121. The standard InChI is InChI=1S/C17H17BrFNO2/c1-22-15-7-2-12(3-8-15)11-20-17(21)9-5-13-4-6-14(18)10-16(13)19/h2-4,6-8,10H,5,9,11H2,1H3,(H,20,21). The van der Waals surface area contributed by atoms with E-state index in [9.17, 15) is 9.18 Å². The van der Waals surface area contributed by atoms with E-state index in [0.29, 0.717) is 23.0 Å². The normalized spacial score (nSPS) is 10.3. The van der Waals surface area contributed by atoms with Gasteiger partial charge in [-0.15, -0.1) is 0 Å². The lowest BCUT2D eigenvalue weighted by Gasteiger charge is -2.07. The van der Waals surface area contributed by atoms with Crippen molar-refractivity contribution in [1.82, 2.24) is 5.32 Å². The summed E-state index contributed by atoms with van der Waals surface area (Å²) in [5, 5.41) is 2.83. The lowest BCUT2D eigenvalue weighted by Crippen LogP contribution is -2.23. The molecule has 0 aliphatic rings. The Labute approximate surface area is 137 Å². The van der Waals surface area contributed by atoms with E-state index < -0.39 is 0 Å². The maximum absolute atomic E-state index is 13.6. The third-order valence-electron chi connectivity index (χ3n) is 3.29. The Morgan fingerprint density at radius 1 is 1.23 bits per heavy atom. The topological polar surface area (TPSA) is 38.3 Å². The van der Waals surface area contributed by atoms with Crippen LogP contribution in [0.25, 0.3) is 0 Å². The summed E-state index contributed by atoms with van der Waals surface area (Å²) in [6.45, 7) is 0.450. The highest BCUT2D eigenvalue weighted by molar-refractivity contribution is 9.10. The van der Waals surface area contributed by atoms with Gasteiger partial charge >= 0.3 is 0 Å². The molecule has 116 valence electrons. The van der Waals surface area contributed by atoms with Crippen molar-refractivity contribution >= 4 is 21.8 Å². The van der Waals surface area contributed by atoms with Crippen LogP contribution in [0.2, 0.25) is 0 Å². The number of carbonyl (C=O) groups is 1. The molecule has 22 heavy (non-hydrogen) atoms. The van der Waals surface area contributed by atoms with Gasteiger partial charge in [-0.05, 0) is 41.8 Å². The molecule has 0 bridgehead atoms. The average molecular weight is 366 g/mol. The average Bonchev–Trinajstić information content (AvgIpc) is 2.52. The van der Waals surface area contributed by atoms with Crippen molar-refractivity contribution in [1.29, 1.82) is 0 Å². The monoisotopic (exact) mass is 365 g/mol. The summed E-state index contributed by atoms with van der Waals surface area (Å²) >= 11 is 3.21. The summed E-state index contributed by atoms with van der Waals surface area (Å²) in [6.07, 6.45) is 0.641. The summed E-state index contributed by atoms with van der Waals surface area (Å²) in [6, 6.07) is 12.4. The molecule has 2 aromatic carbocycles. The molecular formula is C17H17BrFNO2. The van der Waals surface area contributed by atoms with Gasteiger partial charge in [0.1, 0.15) is 11.6 Å². The van der Waals surface area contributed by atoms with Crippen LogP contribution in [0.15, 0.2) is 46.9 Å². The minimum atomic E-state index is -0.294. The van der Waals surface area contributed by atoms with Crippen molar-refractivity contribution < 1.29 is 13.9 Å². The van der Waals surface area contributed by atoms with Crippen LogP contribution in [0.5, 0.6) is 5.75 Å². The SMILES string of the molecule is COc1ccc(CNC(=O)CCc2ccc(Br)cc2F)cc1. The maximum Gasteiger partial charge on any atom is 0.220 e. The Bertz CT molecular complexity index is 644. The highest BCUT2D eigenvalue weighted by atomic mass is 79.9. The van der Waals surface area contributed by atoms with Crippen molar-refractivity contribution in [2.45, 2.75) is 19.4 Å². The molecule has 0 saturated carbocycles. The van der Waals surface area contributed by atoms with E-state index in [0.717, 1.165) is 11.3 Å². The number of methoxy groups -OCH3 is 1. The molecule has 0 aliphatic carbocycles. The molecule has 0 saturated heterocycles. The fraction of sp³-hybridized carbons (Fsp3) is 0.235. The van der Waals surface area contributed by atoms with Crippen molar-refractivity contribution in [2.24, 2.45) is 0 Å². The second-order valence-corrected chi connectivity index (χ2v) is 5.78. The van der Waals surface area contributed by atoms with Crippen molar-refractivity contribution in [3.05, 3.63) is 63.9 Å². The van der Waals surface area contributed by atoms with Crippen LogP contribution in [-0.4, -0.2) is 13.0 Å². The highest BCUT2D eigenvalue weighted by Crippen LogP contribution is 2.16. The van der Waals surface area contributed by atoms with Crippen LogP contribution in [-0.2, 0) is 17.8 Å². The highest BCUT2D eigenvalue weighted by Gasteiger charge is 2.07. The number of nitrogens with one attached hydrogen (secondary N) is 1. The number of carbonyl (C=O) groups excluding carboxylic acids is 1. The minimum Gasteiger partial charge on any atom is -0.497 e. The largest absolute Gasteiger partial charge is 0.497 e. The third-order valence-corrected chi connectivity index (χ3v) is 3.78. The number of amides is 1. The van der Waals surface area contributed by atoms with Gasteiger partial charge in [0.2, 0.25) is 5.91 Å². The van der Waals surface area contributed by atoms with Crippen LogP contribution in [0.1, 0.15) is 17.5 Å². The molecule has 0 unspecified atom stereocenters. The zero-order chi connectivity index (χ0) is 15.9. The number of benzene rings is 2. The van der Waals surface area contributed by atoms with Crippen molar-refractivity contribution in [2.75, 3.05) is 7.11 Å². The Morgan fingerprint density at radius 3 is 2.59 bits per heavy atom. The Balaban J connectivity index is 1.80. The van der Waals surface area contributed by atoms with E-state index in [2.05, 4.69) is 21.2 Å². The lowest BCUT2D eigenvalue weighted by atomic mass is 10.1. The minimum absolute atomic E-state index is 0.0989. The van der Waals surface area contributed by atoms with E-state index in [4.69, 9.17) is 4.74 Å². The second kappa shape index (κ2) is 7.94. The van der Waals surface area contributed by atoms with E-state index in [1.54, 1.807) is 19.2 Å². The number of halogens is 2. The smallest absolute Gasteiger partial charge is 0.220 e. The molecule has 0 heterocycles. The number of hydrogen-bond acceptors (Lipinski definition) is 2. The Kier molecular flexibility index (Phi) is 5.95. The van der Waals surface area contributed by atoms with Crippen LogP contribution in [0.3, 0.4) is 0 Å². The van der Waals surface area contributed by atoms with Crippen LogP contribution in [0.4, 0.5) is 4.39 Å². The molecule has 5 heteroatoms. The van der Waals surface area contributed by atoms with Gasteiger partial charge in [0.05, 0.1) is 7.11 Å². The van der Waals surface area contributed by atoms with Crippen molar-refractivity contribution in [3.8, 4) is 5.75 Å². The van der Waals surface area contributed by atoms with Crippen LogP contribution in [0, 0.1) is 5.82 Å². The Hall–Kier alpha value is -1.88. The quantitative estimate of drug-likeness (QED) is 0.844. The molecule has 0 atom stereocenters. The molecule has 0 radical (unpaired) electrons. The number of aryl methyl sites for hydroxylation is 1. The first-order chi connectivity index (χ1) is 10.6. The van der Waals surface area contributed by atoms with E-state index >= 15 is 0 Å². The number of ether oxygens (including phenoxy) is 1. The van der Waals surface area contributed by atoms with Gasteiger partial charge in [-0.1, -0.05) is 34.1 Å². The van der Waals surface area contributed by atoms with Gasteiger partial charge in [0.25, 0.3) is 0 Å². The van der Waals surface area contributed by atoms with E-state index in [-0.39, 0.29) is 18.1 Å².